The zero-order valence-corrected chi connectivity index (χ0v) is 25.9. The molecule has 1 amide bonds. The second-order valence-corrected chi connectivity index (χ2v) is 12.4. The van der Waals surface area contributed by atoms with Gasteiger partial charge in [-0.2, -0.15) is 9.97 Å². The highest BCUT2D eigenvalue weighted by molar-refractivity contribution is 6.36. The molecule has 11 heteroatoms. The summed E-state index contributed by atoms with van der Waals surface area (Å²) in [6.45, 7) is 13.1. The molecule has 2 fully saturated rings. The number of halogens is 2. The molecule has 6 rings (SSSR count). The first kappa shape index (κ1) is 30.1. The maximum absolute atomic E-state index is 13.8. The minimum Gasteiger partial charge on any atom is -0.458 e. The maximum atomic E-state index is 13.8. The van der Waals surface area contributed by atoms with Crippen molar-refractivity contribution in [3.8, 4) is 6.01 Å². The van der Waals surface area contributed by atoms with Crippen molar-refractivity contribution in [2.24, 2.45) is 0 Å². The molecule has 2 aliphatic heterocycles. The van der Waals surface area contributed by atoms with E-state index >= 15 is 0 Å². The quantitative estimate of drug-likeness (QED) is 0.269. The van der Waals surface area contributed by atoms with Crippen LogP contribution < -0.4 is 14.5 Å². The Bertz CT molecular complexity index is 1620. The van der Waals surface area contributed by atoms with Gasteiger partial charge in [0.05, 0.1) is 17.3 Å². The molecule has 1 aliphatic carbocycles. The summed E-state index contributed by atoms with van der Waals surface area (Å²) in [6, 6.07) is 12.3. The average Bonchev–Trinajstić information content (AvgIpc) is 3.48. The summed E-state index contributed by atoms with van der Waals surface area (Å²) in [5.74, 6) is -1.00. The fourth-order valence-electron chi connectivity index (χ4n) is 6.95. The van der Waals surface area contributed by atoms with Crippen molar-refractivity contribution < 1.29 is 13.9 Å². The van der Waals surface area contributed by atoms with E-state index in [9.17, 15) is 9.18 Å². The third-order valence-electron chi connectivity index (χ3n) is 9.11. The first-order valence-electron chi connectivity index (χ1n) is 15.1. The van der Waals surface area contributed by atoms with Gasteiger partial charge in [0.1, 0.15) is 18.0 Å². The highest BCUT2D eigenvalue weighted by Crippen LogP contribution is 2.38. The Morgan fingerprint density at radius 3 is 2.70 bits per heavy atom. The second kappa shape index (κ2) is 12.6. The molecule has 2 aromatic carbocycles. The number of ether oxygens (including phenoxy) is 1. The summed E-state index contributed by atoms with van der Waals surface area (Å²) < 4.78 is 20.4. The van der Waals surface area contributed by atoms with Crippen LogP contribution in [0.2, 0.25) is 5.02 Å². The van der Waals surface area contributed by atoms with E-state index in [2.05, 4.69) is 64.5 Å². The van der Waals surface area contributed by atoms with E-state index in [0.717, 1.165) is 59.3 Å². The molecule has 0 bridgehead atoms. The van der Waals surface area contributed by atoms with Crippen LogP contribution in [0.15, 0.2) is 48.8 Å². The van der Waals surface area contributed by atoms with Crippen LogP contribution in [-0.2, 0) is 17.8 Å². The first-order valence-corrected chi connectivity index (χ1v) is 15.5. The van der Waals surface area contributed by atoms with Crippen molar-refractivity contribution in [3.63, 3.8) is 0 Å². The predicted octanol–water partition coefficient (Wildman–Crippen LogP) is 5.13. The Hall–Kier alpha value is -3.94. The smallest absolute Gasteiger partial charge is 0.319 e. The summed E-state index contributed by atoms with van der Waals surface area (Å²) in [5.41, 5.74) is 2.98. The highest BCUT2D eigenvalue weighted by Gasteiger charge is 2.37. The average molecular weight is 618 g/mol. The molecule has 0 spiro atoms. The lowest BCUT2D eigenvalue weighted by atomic mass is 10.0. The van der Waals surface area contributed by atoms with E-state index in [0.29, 0.717) is 37.1 Å². The number of hydrogen-bond donors (Lipinski definition) is 0. The van der Waals surface area contributed by atoms with Gasteiger partial charge in [-0.25, -0.2) is 11.0 Å². The Balaban J connectivity index is 1.37. The minimum absolute atomic E-state index is 0.0210. The van der Waals surface area contributed by atoms with E-state index in [4.69, 9.17) is 32.9 Å². The van der Waals surface area contributed by atoms with Gasteiger partial charge in [-0.3, -0.25) is 4.79 Å². The van der Waals surface area contributed by atoms with Gasteiger partial charge in [0.2, 0.25) is 6.54 Å². The summed E-state index contributed by atoms with van der Waals surface area (Å²) in [7, 11) is 4.14. The summed E-state index contributed by atoms with van der Waals surface area (Å²) in [5, 5.41) is 2.81. The lowest BCUT2D eigenvalue weighted by Gasteiger charge is -2.41. The van der Waals surface area contributed by atoms with Crippen molar-refractivity contribution >= 4 is 39.8 Å². The fraction of sp³-hybridized carbons (Fsp3) is 0.455. The van der Waals surface area contributed by atoms with E-state index < -0.39 is 17.8 Å². The van der Waals surface area contributed by atoms with Gasteiger partial charge in [-0.1, -0.05) is 42.4 Å². The standard InChI is InChI=1S/C33H37ClFN7O2/c1-21(35)32(43)42-17-16-41(19-23(42)18-36-2)31-24-14-15-40(28-12-6-9-22-8-5-10-25(34)30(22)28)20-26(24)37-33(38-31)44-29-13-7-11-27(29)39(3)4/h5-6,8-10,12,23,27,29H,1,7,11,13-20H2,3-4H3/t23?,27-,29+/m0/s1. The van der Waals surface area contributed by atoms with E-state index in [1.807, 2.05) is 12.1 Å². The number of anilines is 2. The molecule has 1 saturated carbocycles. The third kappa shape index (κ3) is 5.78. The molecule has 9 nitrogen and oxygen atoms in total. The second-order valence-electron chi connectivity index (χ2n) is 12.0. The zero-order valence-electron chi connectivity index (χ0n) is 25.2. The van der Waals surface area contributed by atoms with Crippen LogP contribution in [0.5, 0.6) is 6.01 Å². The van der Waals surface area contributed by atoms with E-state index in [1.165, 1.54) is 4.90 Å². The Morgan fingerprint density at radius 2 is 1.95 bits per heavy atom. The van der Waals surface area contributed by atoms with Crippen molar-refractivity contribution in [3.05, 3.63) is 76.5 Å². The summed E-state index contributed by atoms with van der Waals surface area (Å²) in [4.78, 5) is 34.1. The number of likely N-dealkylation sites (N-methyl/N-ethyl adjacent to an activating group) is 1. The van der Waals surface area contributed by atoms with Crippen LogP contribution in [0.3, 0.4) is 0 Å². The normalized spacial score (nSPS) is 21.8. The van der Waals surface area contributed by atoms with Crippen LogP contribution in [0.1, 0.15) is 30.5 Å². The van der Waals surface area contributed by atoms with Crippen LogP contribution in [-0.4, -0.2) is 90.7 Å². The van der Waals surface area contributed by atoms with Crippen molar-refractivity contribution in [1.82, 2.24) is 19.8 Å². The Kier molecular flexibility index (Phi) is 8.61. The molecule has 1 unspecified atom stereocenters. The van der Waals surface area contributed by atoms with Gasteiger partial charge in [0.15, 0.2) is 5.83 Å². The van der Waals surface area contributed by atoms with E-state index in [1.54, 1.807) is 0 Å². The van der Waals surface area contributed by atoms with Gasteiger partial charge in [0, 0.05) is 48.9 Å². The lowest BCUT2D eigenvalue weighted by Crippen LogP contribution is -2.57. The number of rotatable bonds is 7. The molecule has 1 aromatic heterocycles. The van der Waals surface area contributed by atoms with Crippen LogP contribution in [0, 0.1) is 6.57 Å². The highest BCUT2D eigenvalue weighted by atomic mass is 35.5. The van der Waals surface area contributed by atoms with Gasteiger partial charge < -0.3 is 29.2 Å². The largest absolute Gasteiger partial charge is 0.458 e. The molecule has 3 aromatic rings. The molecule has 0 radical (unpaired) electrons. The Labute approximate surface area is 262 Å². The molecule has 1 saturated heterocycles. The molecule has 3 heterocycles. The first-order chi connectivity index (χ1) is 21.2. The molecule has 0 N–H and O–H groups in total. The molecular weight excluding hydrogens is 581 g/mol. The molecule has 230 valence electrons. The van der Waals surface area contributed by atoms with Crippen LogP contribution in [0.4, 0.5) is 15.9 Å². The van der Waals surface area contributed by atoms with Gasteiger partial charge in [-0.05, 0) is 57.3 Å². The van der Waals surface area contributed by atoms with Gasteiger partial charge >= 0.3 is 6.01 Å². The number of piperazine rings is 1. The molecule has 3 aliphatic rings. The number of carbonyl (C=O) groups excluding carboxylic acids is 1. The van der Waals surface area contributed by atoms with Gasteiger partial charge in [0.25, 0.3) is 5.91 Å². The fourth-order valence-corrected chi connectivity index (χ4v) is 7.23. The van der Waals surface area contributed by atoms with Crippen molar-refractivity contribution in [2.45, 2.75) is 50.4 Å². The third-order valence-corrected chi connectivity index (χ3v) is 9.43. The zero-order chi connectivity index (χ0) is 31.0. The van der Waals surface area contributed by atoms with Crippen LogP contribution in [0.25, 0.3) is 15.6 Å². The number of benzene rings is 2. The van der Waals surface area contributed by atoms with Gasteiger partial charge in [-0.15, -0.1) is 0 Å². The SMILES string of the molecule is [C-]#[N+]CC1CN(c2nc(O[C@@H]3CCC[C@@H]3N(C)C)nc3c2CCN(c2cccc4cccc(Cl)c24)C3)CCN1C(=O)C(=C)F. The summed E-state index contributed by atoms with van der Waals surface area (Å²) >= 11 is 6.70. The van der Waals surface area contributed by atoms with Crippen LogP contribution >= 0.6 is 11.6 Å². The topological polar surface area (TPSA) is 69.4 Å². The summed E-state index contributed by atoms with van der Waals surface area (Å²) in [6.07, 6.45) is 3.74. The monoisotopic (exact) mass is 617 g/mol. The number of fused-ring (bicyclic) bond motifs is 2. The van der Waals surface area contributed by atoms with Crippen molar-refractivity contribution in [1.29, 1.82) is 0 Å². The molecular formula is C33H37ClFN7O2. The van der Waals surface area contributed by atoms with E-state index in [-0.39, 0.29) is 25.2 Å². The van der Waals surface area contributed by atoms with Crippen molar-refractivity contribution in [2.75, 3.05) is 56.6 Å². The molecule has 44 heavy (non-hydrogen) atoms. The number of amides is 1. The predicted molar refractivity (Wildman–Crippen MR) is 171 cm³/mol. The number of nitrogens with zero attached hydrogens (tertiary/aromatic N) is 7. The number of aromatic nitrogens is 2. The number of hydrogen-bond acceptors (Lipinski definition) is 7. The lowest BCUT2D eigenvalue weighted by molar-refractivity contribution is -0.131. The minimum atomic E-state index is -1.01. The maximum Gasteiger partial charge on any atom is 0.319 e. The molecule has 3 atom stereocenters. The number of carbonyl (C=O) groups is 1. The Morgan fingerprint density at radius 1 is 1.16 bits per heavy atom.